The summed E-state index contributed by atoms with van der Waals surface area (Å²) >= 11 is 0. The molecule has 100 valence electrons. The Kier molecular flexibility index (Phi) is 4.58. The third-order valence-corrected chi connectivity index (χ3v) is 3.38. The number of amides is 2. The van der Waals surface area contributed by atoms with Crippen molar-refractivity contribution in [3.63, 3.8) is 0 Å². The molecule has 2 amide bonds. The van der Waals surface area contributed by atoms with E-state index in [1.807, 2.05) is 0 Å². The SMILES string of the molecule is CCC(CNC(=O)Nc1cn[nH]c1)N1CCCC1. The fourth-order valence-corrected chi connectivity index (χ4v) is 2.34. The molecule has 6 heteroatoms. The molecule has 1 fully saturated rings. The number of aromatic amines is 1. The molecule has 6 nitrogen and oxygen atoms in total. The quantitative estimate of drug-likeness (QED) is 0.740. The van der Waals surface area contributed by atoms with Gasteiger partial charge in [0.1, 0.15) is 0 Å². The van der Waals surface area contributed by atoms with Crippen LogP contribution in [0.25, 0.3) is 0 Å². The van der Waals surface area contributed by atoms with Crippen LogP contribution in [0.4, 0.5) is 10.5 Å². The second-order valence-corrected chi connectivity index (χ2v) is 4.63. The van der Waals surface area contributed by atoms with E-state index in [1.54, 1.807) is 12.4 Å². The lowest BCUT2D eigenvalue weighted by Crippen LogP contribution is -2.43. The van der Waals surface area contributed by atoms with Gasteiger partial charge in [0.15, 0.2) is 0 Å². The summed E-state index contributed by atoms with van der Waals surface area (Å²) in [7, 11) is 0. The molecule has 3 N–H and O–H groups in total. The average Bonchev–Trinajstić information content (AvgIpc) is 3.02. The maximum atomic E-state index is 11.7. The fourth-order valence-electron chi connectivity index (χ4n) is 2.34. The summed E-state index contributed by atoms with van der Waals surface area (Å²) < 4.78 is 0. The Bertz CT molecular complexity index is 359. The number of carbonyl (C=O) groups is 1. The Balaban J connectivity index is 1.73. The van der Waals surface area contributed by atoms with Gasteiger partial charge in [-0.15, -0.1) is 0 Å². The molecule has 0 bridgehead atoms. The number of aromatic nitrogens is 2. The first-order valence-electron chi connectivity index (χ1n) is 6.57. The summed E-state index contributed by atoms with van der Waals surface area (Å²) in [5.41, 5.74) is 0.682. The topological polar surface area (TPSA) is 73.0 Å². The molecule has 1 aliphatic rings. The first-order chi connectivity index (χ1) is 8.79. The first kappa shape index (κ1) is 12.9. The Labute approximate surface area is 107 Å². The molecule has 2 rings (SSSR count). The highest BCUT2D eigenvalue weighted by Gasteiger charge is 2.20. The van der Waals surface area contributed by atoms with Gasteiger partial charge in [0.05, 0.1) is 11.9 Å². The molecule has 0 spiro atoms. The number of rotatable bonds is 5. The van der Waals surface area contributed by atoms with Crippen molar-refractivity contribution in [2.24, 2.45) is 0 Å². The van der Waals surface area contributed by atoms with Crippen molar-refractivity contribution in [1.82, 2.24) is 20.4 Å². The Morgan fingerprint density at radius 2 is 2.33 bits per heavy atom. The van der Waals surface area contributed by atoms with Gasteiger partial charge >= 0.3 is 6.03 Å². The molecular weight excluding hydrogens is 230 g/mol. The van der Waals surface area contributed by atoms with Gasteiger partial charge in [-0.05, 0) is 32.4 Å². The van der Waals surface area contributed by atoms with Crippen LogP contribution in [-0.2, 0) is 0 Å². The fraction of sp³-hybridized carbons (Fsp3) is 0.667. The van der Waals surface area contributed by atoms with E-state index in [-0.39, 0.29) is 6.03 Å². The molecule has 1 unspecified atom stereocenters. The molecule has 1 saturated heterocycles. The zero-order chi connectivity index (χ0) is 12.8. The monoisotopic (exact) mass is 251 g/mol. The molecule has 18 heavy (non-hydrogen) atoms. The zero-order valence-corrected chi connectivity index (χ0v) is 10.8. The van der Waals surface area contributed by atoms with Gasteiger partial charge in [-0.25, -0.2) is 4.79 Å². The molecule has 2 heterocycles. The summed E-state index contributed by atoms with van der Waals surface area (Å²) in [5.74, 6) is 0. The highest BCUT2D eigenvalue weighted by atomic mass is 16.2. The summed E-state index contributed by atoms with van der Waals surface area (Å²) in [4.78, 5) is 14.1. The van der Waals surface area contributed by atoms with Gasteiger partial charge in [0, 0.05) is 18.8 Å². The number of hydrogen-bond donors (Lipinski definition) is 3. The minimum absolute atomic E-state index is 0.172. The van der Waals surface area contributed by atoms with E-state index in [2.05, 4.69) is 32.7 Å². The van der Waals surface area contributed by atoms with Crippen molar-refractivity contribution >= 4 is 11.7 Å². The molecule has 1 aromatic heterocycles. The summed E-state index contributed by atoms with van der Waals surface area (Å²) in [6.45, 7) is 5.17. The van der Waals surface area contributed by atoms with Gasteiger partial charge in [0.25, 0.3) is 0 Å². The third kappa shape index (κ3) is 3.46. The van der Waals surface area contributed by atoms with Crippen LogP contribution in [0.5, 0.6) is 0 Å². The minimum atomic E-state index is -0.172. The number of hydrogen-bond acceptors (Lipinski definition) is 3. The van der Waals surface area contributed by atoms with Crippen LogP contribution in [0.15, 0.2) is 12.4 Å². The van der Waals surface area contributed by atoms with E-state index in [1.165, 1.54) is 12.8 Å². The van der Waals surface area contributed by atoms with Crippen LogP contribution in [0, 0.1) is 0 Å². The van der Waals surface area contributed by atoms with Crippen molar-refractivity contribution in [2.45, 2.75) is 32.2 Å². The Hall–Kier alpha value is -1.56. The highest BCUT2D eigenvalue weighted by Crippen LogP contribution is 2.13. The van der Waals surface area contributed by atoms with Gasteiger partial charge in [0.2, 0.25) is 0 Å². The number of nitrogens with zero attached hydrogens (tertiary/aromatic N) is 2. The molecule has 0 aliphatic carbocycles. The molecule has 1 aliphatic heterocycles. The summed E-state index contributed by atoms with van der Waals surface area (Å²) in [5, 5.41) is 12.1. The molecular formula is C12H21N5O. The van der Waals surface area contributed by atoms with Gasteiger partial charge in [-0.2, -0.15) is 5.10 Å². The van der Waals surface area contributed by atoms with E-state index >= 15 is 0 Å². The zero-order valence-electron chi connectivity index (χ0n) is 10.8. The number of likely N-dealkylation sites (tertiary alicyclic amines) is 1. The van der Waals surface area contributed by atoms with Crippen LogP contribution < -0.4 is 10.6 Å². The lowest BCUT2D eigenvalue weighted by atomic mass is 10.2. The number of anilines is 1. The van der Waals surface area contributed by atoms with Crippen LogP contribution >= 0.6 is 0 Å². The highest BCUT2D eigenvalue weighted by molar-refractivity contribution is 5.88. The van der Waals surface area contributed by atoms with Crippen molar-refractivity contribution in [3.05, 3.63) is 12.4 Å². The second kappa shape index (κ2) is 6.39. The van der Waals surface area contributed by atoms with Crippen molar-refractivity contribution in [1.29, 1.82) is 0 Å². The van der Waals surface area contributed by atoms with Gasteiger partial charge < -0.3 is 10.6 Å². The predicted octanol–water partition coefficient (Wildman–Crippen LogP) is 1.41. The Morgan fingerprint density at radius 3 is 2.94 bits per heavy atom. The number of urea groups is 1. The van der Waals surface area contributed by atoms with Crippen LogP contribution in [0.1, 0.15) is 26.2 Å². The minimum Gasteiger partial charge on any atom is -0.336 e. The number of carbonyl (C=O) groups excluding carboxylic acids is 1. The van der Waals surface area contributed by atoms with Crippen molar-refractivity contribution in [2.75, 3.05) is 25.0 Å². The van der Waals surface area contributed by atoms with Crippen molar-refractivity contribution < 1.29 is 4.79 Å². The molecule has 0 saturated carbocycles. The third-order valence-electron chi connectivity index (χ3n) is 3.38. The first-order valence-corrected chi connectivity index (χ1v) is 6.57. The van der Waals surface area contributed by atoms with Gasteiger partial charge in [-0.1, -0.05) is 6.92 Å². The summed E-state index contributed by atoms with van der Waals surface area (Å²) in [6, 6.07) is 0.275. The van der Waals surface area contributed by atoms with E-state index in [0.29, 0.717) is 18.3 Å². The Morgan fingerprint density at radius 1 is 1.56 bits per heavy atom. The summed E-state index contributed by atoms with van der Waals surface area (Å²) in [6.07, 6.45) is 6.84. The molecule has 1 aromatic rings. The number of H-pyrrole nitrogens is 1. The second-order valence-electron chi connectivity index (χ2n) is 4.63. The lowest BCUT2D eigenvalue weighted by molar-refractivity contribution is 0.222. The standard InChI is InChI=1S/C12H21N5O/c1-2-11(17-5-3-4-6-17)9-13-12(18)16-10-7-14-15-8-10/h7-8,11H,2-6,9H2,1H3,(H,14,15)(H2,13,16,18). The average molecular weight is 251 g/mol. The smallest absolute Gasteiger partial charge is 0.319 e. The predicted molar refractivity (Wildman–Crippen MR) is 70.5 cm³/mol. The van der Waals surface area contributed by atoms with Crippen LogP contribution in [0.3, 0.4) is 0 Å². The van der Waals surface area contributed by atoms with E-state index in [0.717, 1.165) is 19.5 Å². The van der Waals surface area contributed by atoms with Crippen molar-refractivity contribution in [3.8, 4) is 0 Å². The maximum absolute atomic E-state index is 11.7. The normalized spacial score (nSPS) is 17.6. The molecule has 0 aromatic carbocycles. The molecule has 0 radical (unpaired) electrons. The van der Waals surface area contributed by atoms with Gasteiger partial charge in [-0.3, -0.25) is 10.00 Å². The number of nitrogens with one attached hydrogen (secondary N) is 3. The lowest BCUT2D eigenvalue weighted by Gasteiger charge is -2.26. The van der Waals surface area contributed by atoms with Crippen LogP contribution in [-0.4, -0.2) is 46.8 Å². The largest absolute Gasteiger partial charge is 0.336 e. The molecule has 1 atom stereocenters. The van der Waals surface area contributed by atoms with E-state index in [9.17, 15) is 4.79 Å². The van der Waals surface area contributed by atoms with E-state index < -0.39 is 0 Å². The van der Waals surface area contributed by atoms with Crippen LogP contribution in [0.2, 0.25) is 0 Å². The van der Waals surface area contributed by atoms with E-state index in [4.69, 9.17) is 0 Å². The maximum Gasteiger partial charge on any atom is 0.319 e.